The van der Waals surface area contributed by atoms with Crippen LogP contribution in [0.2, 0.25) is 0 Å². The molecule has 0 aliphatic carbocycles. The fraction of sp³-hybridized carbons (Fsp3) is 0.522. The molecule has 0 spiro atoms. The minimum Gasteiger partial charge on any atom is -0.268 e. The predicted octanol–water partition coefficient (Wildman–Crippen LogP) is 12.1. The molecule has 8 rings (SSSR count). The van der Waals surface area contributed by atoms with Gasteiger partial charge < -0.3 is 0 Å². The van der Waals surface area contributed by atoms with Gasteiger partial charge in [0.05, 0.1) is 9.40 Å². The van der Waals surface area contributed by atoms with Crippen molar-refractivity contribution < 1.29 is 0 Å². The van der Waals surface area contributed by atoms with E-state index in [1.807, 2.05) is 12.4 Å². The molecular formula is C46H56N6O2S. The summed E-state index contributed by atoms with van der Waals surface area (Å²) in [5, 5.41) is 2.76. The summed E-state index contributed by atoms with van der Waals surface area (Å²) >= 11 is 1.56. The van der Waals surface area contributed by atoms with Crippen LogP contribution in [0.5, 0.6) is 0 Å². The zero-order valence-electron chi connectivity index (χ0n) is 32.9. The smallest absolute Gasteiger partial charge is 0.266 e. The Balaban J connectivity index is 1.03. The van der Waals surface area contributed by atoms with Crippen molar-refractivity contribution in [3.8, 4) is 0 Å². The van der Waals surface area contributed by atoms with E-state index >= 15 is 0 Å². The Morgan fingerprint density at radius 2 is 0.855 bits per heavy atom. The van der Waals surface area contributed by atoms with Crippen molar-refractivity contribution in [2.24, 2.45) is 0 Å². The number of unbranched alkanes of at least 4 members (excludes halogenated alkanes) is 18. The van der Waals surface area contributed by atoms with Crippen LogP contribution in [0.3, 0.4) is 0 Å². The van der Waals surface area contributed by atoms with Crippen LogP contribution in [0, 0.1) is 0 Å². The largest absolute Gasteiger partial charge is 0.268 e. The van der Waals surface area contributed by atoms with E-state index in [2.05, 4.69) is 26.0 Å². The van der Waals surface area contributed by atoms with Crippen molar-refractivity contribution in [3.05, 3.63) is 68.5 Å². The molecule has 0 aliphatic heterocycles. The van der Waals surface area contributed by atoms with Crippen molar-refractivity contribution in [1.29, 1.82) is 0 Å². The van der Waals surface area contributed by atoms with Crippen molar-refractivity contribution >= 4 is 75.9 Å². The lowest BCUT2D eigenvalue weighted by molar-refractivity contribution is 0.556. The minimum absolute atomic E-state index is 0.152. The summed E-state index contributed by atoms with van der Waals surface area (Å²) in [6, 6.07) is 7.81. The average molecular weight is 757 g/mol. The summed E-state index contributed by atoms with van der Waals surface area (Å²) in [4.78, 5) is 48.0. The molecule has 7 heterocycles. The number of benzene rings is 1. The first-order valence-corrected chi connectivity index (χ1v) is 22.3. The summed E-state index contributed by atoms with van der Waals surface area (Å²) in [6.07, 6.45) is 31.9. The Morgan fingerprint density at radius 1 is 0.491 bits per heavy atom. The predicted molar refractivity (Wildman–Crippen MR) is 231 cm³/mol. The van der Waals surface area contributed by atoms with Gasteiger partial charge in [-0.15, -0.1) is 11.3 Å². The van der Waals surface area contributed by atoms with Gasteiger partial charge in [-0.25, -0.2) is 28.7 Å². The van der Waals surface area contributed by atoms with Gasteiger partial charge in [-0.1, -0.05) is 129 Å². The van der Waals surface area contributed by atoms with Gasteiger partial charge in [0, 0.05) is 33.9 Å². The standard InChI is InChI=1S/C46H56N6O2S/c1-3-5-7-9-11-13-15-17-19-21-23-31-27-35-41(47-29-31)51-43(49-35)39-37-33(45(51)53)25-26-34-38(37)40(55-39)44-50-36-28-32(30-48-42(36)52(44)46(34)54)24-22-20-18-16-14-12-10-8-6-4-2/h25-30H,3-24H2,1-2H3. The van der Waals surface area contributed by atoms with Crippen molar-refractivity contribution in [2.75, 3.05) is 0 Å². The highest BCUT2D eigenvalue weighted by atomic mass is 32.1. The minimum atomic E-state index is -0.152. The third kappa shape index (κ3) is 7.53. The molecule has 8 nitrogen and oxygen atoms in total. The molecule has 0 saturated heterocycles. The second-order valence-electron chi connectivity index (χ2n) is 16.1. The number of nitrogens with zero attached hydrogens (tertiary/aromatic N) is 6. The SMILES string of the molecule is CCCCCCCCCCCCc1cnc2c(c1)nc1c3sc4c5c(ccc(c(=O)n21)c35)c(=O)n1c2ncc(CCCCCCCCCCCC)cc2nc41. The first kappa shape index (κ1) is 37.7. The summed E-state index contributed by atoms with van der Waals surface area (Å²) in [7, 11) is 0. The molecule has 8 aromatic rings. The molecule has 0 fully saturated rings. The maximum Gasteiger partial charge on any atom is 0.266 e. The number of pyridine rings is 4. The Labute approximate surface area is 327 Å². The van der Waals surface area contributed by atoms with Gasteiger partial charge >= 0.3 is 0 Å². The fourth-order valence-electron chi connectivity index (χ4n) is 8.80. The molecule has 0 amide bonds. The number of hydrogen-bond donors (Lipinski definition) is 0. The van der Waals surface area contributed by atoms with Crippen LogP contribution < -0.4 is 11.1 Å². The number of hydrogen-bond acceptors (Lipinski definition) is 7. The highest BCUT2D eigenvalue weighted by molar-refractivity contribution is 7.27. The molecular weight excluding hydrogens is 701 g/mol. The van der Waals surface area contributed by atoms with Crippen molar-refractivity contribution in [1.82, 2.24) is 28.7 Å². The van der Waals surface area contributed by atoms with E-state index in [-0.39, 0.29) is 11.1 Å². The lowest BCUT2D eigenvalue weighted by Crippen LogP contribution is -2.15. The lowest BCUT2D eigenvalue weighted by atomic mass is 10.0. The van der Waals surface area contributed by atoms with Gasteiger partial charge in [-0.3, -0.25) is 9.59 Å². The van der Waals surface area contributed by atoms with Gasteiger partial charge in [-0.05, 0) is 61.1 Å². The summed E-state index contributed by atoms with van der Waals surface area (Å²) < 4.78 is 5.11. The Hall–Kier alpha value is -4.24. The Kier molecular flexibility index (Phi) is 11.8. The van der Waals surface area contributed by atoms with Crippen LogP contribution in [0.25, 0.3) is 64.6 Å². The van der Waals surface area contributed by atoms with Crippen LogP contribution in [-0.2, 0) is 12.8 Å². The monoisotopic (exact) mass is 756 g/mol. The van der Waals surface area contributed by atoms with Gasteiger partial charge in [0.15, 0.2) is 22.6 Å². The van der Waals surface area contributed by atoms with E-state index in [9.17, 15) is 9.59 Å². The van der Waals surface area contributed by atoms with Crippen LogP contribution >= 0.6 is 11.3 Å². The molecule has 0 bridgehead atoms. The van der Waals surface area contributed by atoms with Gasteiger partial charge in [0.1, 0.15) is 11.0 Å². The molecule has 9 heteroatoms. The van der Waals surface area contributed by atoms with Crippen molar-refractivity contribution in [3.63, 3.8) is 0 Å². The summed E-state index contributed by atoms with van der Waals surface area (Å²) in [5.41, 5.74) is 5.85. The van der Waals surface area contributed by atoms with Gasteiger partial charge in [0.25, 0.3) is 11.1 Å². The summed E-state index contributed by atoms with van der Waals surface area (Å²) in [6.45, 7) is 4.54. The zero-order valence-corrected chi connectivity index (χ0v) is 33.7. The molecule has 0 radical (unpaired) electrons. The van der Waals surface area contributed by atoms with E-state index in [0.29, 0.717) is 33.4 Å². The molecule has 7 aromatic heterocycles. The maximum atomic E-state index is 14.1. The number of rotatable bonds is 22. The number of imidazole rings is 2. The van der Waals surface area contributed by atoms with Crippen LogP contribution in [-0.4, -0.2) is 28.7 Å². The molecule has 0 N–H and O–H groups in total. The second kappa shape index (κ2) is 17.3. The quantitative estimate of drug-likeness (QED) is 0.0505. The normalized spacial score (nSPS) is 12.5. The van der Waals surface area contributed by atoms with Crippen LogP contribution in [0.1, 0.15) is 153 Å². The molecule has 288 valence electrons. The van der Waals surface area contributed by atoms with E-state index in [1.54, 1.807) is 32.3 Å². The third-order valence-electron chi connectivity index (χ3n) is 11.9. The number of aromatic nitrogens is 6. The highest BCUT2D eigenvalue weighted by Gasteiger charge is 2.25. The average Bonchev–Trinajstić information content (AvgIpc) is 3.90. The Morgan fingerprint density at radius 3 is 1.24 bits per heavy atom. The molecule has 0 aliphatic rings. The van der Waals surface area contributed by atoms with E-state index in [4.69, 9.17) is 19.9 Å². The molecule has 0 unspecified atom stereocenters. The Bertz CT molecular complexity index is 2480. The number of aryl methyl sites for hydroxylation is 2. The molecule has 55 heavy (non-hydrogen) atoms. The highest BCUT2D eigenvalue weighted by Crippen LogP contribution is 2.42. The van der Waals surface area contributed by atoms with Crippen molar-refractivity contribution in [2.45, 2.75) is 155 Å². The molecule has 0 atom stereocenters. The lowest BCUT2D eigenvalue weighted by Gasteiger charge is -2.04. The third-order valence-corrected chi connectivity index (χ3v) is 13.1. The van der Waals surface area contributed by atoms with Gasteiger partial charge in [-0.2, -0.15) is 0 Å². The van der Waals surface area contributed by atoms with Crippen LogP contribution in [0.4, 0.5) is 0 Å². The van der Waals surface area contributed by atoms with E-state index in [0.717, 1.165) is 68.0 Å². The maximum absolute atomic E-state index is 14.1. The fourth-order valence-corrected chi connectivity index (χ4v) is 10.1. The first-order valence-electron chi connectivity index (χ1n) is 21.5. The summed E-state index contributed by atoms with van der Waals surface area (Å²) in [5.74, 6) is 0. The molecule has 0 saturated carbocycles. The van der Waals surface area contributed by atoms with E-state index < -0.39 is 0 Å². The van der Waals surface area contributed by atoms with Gasteiger partial charge in [0.2, 0.25) is 0 Å². The second-order valence-corrected chi connectivity index (χ2v) is 17.1. The molecule has 1 aromatic carbocycles. The topological polar surface area (TPSA) is 94.5 Å². The number of fused-ring (bicyclic) bond motifs is 8. The zero-order chi connectivity index (χ0) is 37.7. The van der Waals surface area contributed by atoms with Crippen LogP contribution in [0.15, 0.2) is 46.2 Å². The van der Waals surface area contributed by atoms with E-state index in [1.165, 1.54) is 116 Å². The number of thiophene rings is 1. The first-order chi connectivity index (χ1) is 27.1.